The molecule has 0 saturated heterocycles. The quantitative estimate of drug-likeness (QED) is 0.628. The second kappa shape index (κ2) is 9.72. The van der Waals surface area contributed by atoms with E-state index in [4.69, 9.17) is 10.2 Å². The summed E-state index contributed by atoms with van der Waals surface area (Å²) in [6.45, 7) is 1.22. The molecule has 0 aromatic heterocycles. The molecule has 124 valence electrons. The van der Waals surface area contributed by atoms with Crippen molar-refractivity contribution in [3.63, 3.8) is 0 Å². The van der Waals surface area contributed by atoms with Gasteiger partial charge in [0.1, 0.15) is 0 Å². The molecule has 23 heavy (non-hydrogen) atoms. The molecule has 0 aliphatic heterocycles. The van der Waals surface area contributed by atoms with E-state index in [0.29, 0.717) is 6.08 Å². The van der Waals surface area contributed by atoms with E-state index in [0.717, 1.165) is 0 Å². The van der Waals surface area contributed by atoms with Gasteiger partial charge in [-0.2, -0.15) is 0 Å². The maximum Gasteiger partial charge on any atom is 0.338 e. The van der Waals surface area contributed by atoms with E-state index in [2.05, 4.69) is 9.47 Å². The number of hydrogen-bond donors (Lipinski definition) is 2. The first-order chi connectivity index (χ1) is 10.7. The van der Waals surface area contributed by atoms with Gasteiger partial charge in [-0.25, -0.2) is 19.2 Å². The molecule has 2 N–H and O–H groups in total. The number of aliphatic carboxylic acids is 2. The van der Waals surface area contributed by atoms with Crippen LogP contribution in [0.5, 0.6) is 0 Å². The summed E-state index contributed by atoms with van der Waals surface area (Å²) in [5, 5.41) is 16.1. The fraction of sp³-hybridized carbons (Fsp3) is 0.200. The van der Waals surface area contributed by atoms with Crippen molar-refractivity contribution in [1.29, 1.82) is 0 Å². The van der Waals surface area contributed by atoms with Gasteiger partial charge in [-0.1, -0.05) is 12.1 Å². The first-order valence-corrected chi connectivity index (χ1v) is 6.14. The van der Waals surface area contributed by atoms with Crippen molar-refractivity contribution in [2.45, 2.75) is 6.92 Å². The van der Waals surface area contributed by atoms with Crippen LogP contribution < -0.4 is 0 Å². The smallest absolute Gasteiger partial charge is 0.338 e. The number of carbonyl (C=O) groups excluding carboxylic acids is 2. The van der Waals surface area contributed by atoms with Crippen LogP contribution in [0.4, 0.5) is 0 Å². The summed E-state index contributed by atoms with van der Waals surface area (Å²) in [7, 11) is 2.52. The van der Waals surface area contributed by atoms with Crippen molar-refractivity contribution in [2.75, 3.05) is 14.2 Å². The lowest BCUT2D eigenvalue weighted by atomic mass is 10.1. The van der Waals surface area contributed by atoms with E-state index < -0.39 is 23.9 Å². The number of benzene rings is 1. The van der Waals surface area contributed by atoms with Gasteiger partial charge in [0.15, 0.2) is 0 Å². The number of hydrogen-bond acceptors (Lipinski definition) is 6. The number of rotatable bonds is 4. The number of esters is 2. The molecular weight excluding hydrogens is 308 g/mol. The summed E-state index contributed by atoms with van der Waals surface area (Å²) in [5.41, 5.74) is 0.242. The monoisotopic (exact) mass is 324 g/mol. The molecule has 0 unspecified atom stereocenters. The van der Waals surface area contributed by atoms with Crippen LogP contribution >= 0.6 is 0 Å². The fourth-order valence-electron chi connectivity index (χ4n) is 1.31. The van der Waals surface area contributed by atoms with Crippen molar-refractivity contribution in [3.8, 4) is 0 Å². The predicted octanol–water partition coefficient (Wildman–Crippen LogP) is 1.36. The standard InChI is InChI=1S/C10H10O4.C5H6O4/c1-13-9(11)7-5-3-4-6-8(7)10(12)14-2;1-3(5(8)9)2-4(6)7/h3-6H,1-2H3;2H,1H3,(H,6,7)(H,8,9)/b;3-2-. The van der Waals surface area contributed by atoms with E-state index in [1.807, 2.05) is 0 Å². The lowest BCUT2D eigenvalue weighted by Gasteiger charge is -2.04. The van der Waals surface area contributed by atoms with Gasteiger partial charge in [-0.05, 0) is 19.1 Å². The van der Waals surface area contributed by atoms with Gasteiger partial charge in [0, 0.05) is 11.6 Å². The van der Waals surface area contributed by atoms with Crippen molar-refractivity contribution < 1.29 is 38.9 Å². The Morgan fingerprint density at radius 1 is 0.913 bits per heavy atom. The molecule has 0 radical (unpaired) electrons. The van der Waals surface area contributed by atoms with E-state index in [-0.39, 0.29) is 16.7 Å². The fourth-order valence-corrected chi connectivity index (χ4v) is 1.31. The third-order valence-electron chi connectivity index (χ3n) is 2.42. The zero-order valence-corrected chi connectivity index (χ0v) is 12.7. The highest BCUT2D eigenvalue weighted by molar-refractivity contribution is 6.03. The Hall–Kier alpha value is -3.16. The van der Waals surface area contributed by atoms with E-state index in [1.165, 1.54) is 33.3 Å². The molecule has 0 fully saturated rings. The molecule has 0 heterocycles. The van der Waals surface area contributed by atoms with Gasteiger partial charge in [-0.15, -0.1) is 0 Å². The van der Waals surface area contributed by atoms with Crippen LogP contribution in [-0.4, -0.2) is 48.3 Å². The van der Waals surface area contributed by atoms with Crippen LogP contribution in [0.25, 0.3) is 0 Å². The van der Waals surface area contributed by atoms with E-state index in [9.17, 15) is 19.2 Å². The molecule has 0 bridgehead atoms. The molecule has 0 amide bonds. The number of methoxy groups -OCH3 is 2. The average Bonchev–Trinajstić information content (AvgIpc) is 2.53. The highest BCUT2D eigenvalue weighted by atomic mass is 16.5. The Labute approximate surface area is 131 Å². The van der Waals surface area contributed by atoms with Crippen LogP contribution in [0.3, 0.4) is 0 Å². The number of carbonyl (C=O) groups is 4. The zero-order chi connectivity index (χ0) is 18.0. The van der Waals surface area contributed by atoms with Crippen LogP contribution in [0.1, 0.15) is 27.6 Å². The Morgan fingerprint density at radius 3 is 1.52 bits per heavy atom. The second-order valence-corrected chi connectivity index (χ2v) is 4.00. The normalized spacial score (nSPS) is 9.96. The maximum atomic E-state index is 11.2. The van der Waals surface area contributed by atoms with Gasteiger partial charge in [0.05, 0.1) is 25.3 Å². The molecule has 1 aromatic rings. The van der Waals surface area contributed by atoms with Crippen LogP contribution in [0.2, 0.25) is 0 Å². The zero-order valence-electron chi connectivity index (χ0n) is 12.7. The Kier molecular flexibility index (Phi) is 8.38. The van der Waals surface area contributed by atoms with Gasteiger partial charge < -0.3 is 19.7 Å². The van der Waals surface area contributed by atoms with Crippen molar-refractivity contribution in [2.24, 2.45) is 0 Å². The third-order valence-corrected chi connectivity index (χ3v) is 2.42. The average molecular weight is 324 g/mol. The van der Waals surface area contributed by atoms with Gasteiger partial charge in [0.25, 0.3) is 0 Å². The van der Waals surface area contributed by atoms with E-state index >= 15 is 0 Å². The largest absolute Gasteiger partial charge is 0.478 e. The lowest BCUT2D eigenvalue weighted by Crippen LogP contribution is -2.11. The number of carboxylic acid groups (broad SMARTS) is 2. The number of carboxylic acids is 2. The highest BCUT2D eigenvalue weighted by Gasteiger charge is 2.16. The minimum atomic E-state index is -1.24. The Bertz CT molecular complexity index is 595. The summed E-state index contributed by atoms with van der Waals surface area (Å²) in [5.74, 6) is -3.55. The van der Waals surface area contributed by atoms with Crippen LogP contribution in [0.15, 0.2) is 35.9 Å². The van der Waals surface area contributed by atoms with Crippen molar-refractivity contribution in [1.82, 2.24) is 0 Å². The van der Waals surface area contributed by atoms with Crippen LogP contribution in [-0.2, 0) is 19.1 Å². The molecular formula is C15H16O8. The molecule has 1 rings (SSSR count). The van der Waals surface area contributed by atoms with Crippen molar-refractivity contribution >= 4 is 23.9 Å². The molecule has 0 saturated carbocycles. The Balaban J connectivity index is 0.000000468. The summed E-state index contributed by atoms with van der Waals surface area (Å²) in [6.07, 6.45) is 0.641. The minimum absolute atomic E-state index is 0.178. The molecule has 8 heteroatoms. The first-order valence-electron chi connectivity index (χ1n) is 6.14. The Morgan fingerprint density at radius 2 is 1.30 bits per heavy atom. The molecule has 0 atom stereocenters. The van der Waals surface area contributed by atoms with Crippen LogP contribution in [0, 0.1) is 0 Å². The predicted molar refractivity (Wildman–Crippen MR) is 78.1 cm³/mol. The topological polar surface area (TPSA) is 127 Å². The highest BCUT2D eigenvalue weighted by Crippen LogP contribution is 2.10. The SMILES string of the molecule is C/C(=C/C(=O)O)C(=O)O.COC(=O)c1ccccc1C(=O)OC. The molecule has 1 aromatic carbocycles. The molecule has 0 spiro atoms. The lowest BCUT2D eigenvalue weighted by molar-refractivity contribution is -0.135. The van der Waals surface area contributed by atoms with Gasteiger partial charge >= 0.3 is 23.9 Å². The van der Waals surface area contributed by atoms with Gasteiger partial charge in [0.2, 0.25) is 0 Å². The minimum Gasteiger partial charge on any atom is -0.478 e. The summed E-state index contributed by atoms with van der Waals surface area (Å²) in [6, 6.07) is 6.33. The molecule has 0 aliphatic rings. The summed E-state index contributed by atoms with van der Waals surface area (Å²) < 4.78 is 9.05. The molecule has 0 aliphatic carbocycles. The second-order valence-electron chi connectivity index (χ2n) is 4.00. The molecule has 8 nitrogen and oxygen atoms in total. The number of ether oxygens (including phenoxy) is 2. The summed E-state index contributed by atoms with van der Waals surface area (Å²) >= 11 is 0. The first kappa shape index (κ1) is 19.8. The van der Waals surface area contributed by atoms with E-state index in [1.54, 1.807) is 12.1 Å². The summed E-state index contributed by atoms with van der Waals surface area (Å²) in [4.78, 5) is 42.1. The third kappa shape index (κ3) is 6.89. The van der Waals surface area contributed by atoms with Crippen molar-refractivity contribution in [3.05, 3.63) is 47.0 Å². The maximum absolute atomic E-state index is 11.2. The van der Waals surface area contributed by atoms with Gasteiger partial charge in [-0.3, -0.25) is 0 Å².